The van der Waals surface area contributed by atoms with Gasteiger partial charge in [0.15, 0.2) is 0 Å². The SMILES string of the molecule is COC(=O)[C@H]1C[C@@H](N2CC(O)C2)CN1C(=O)OC(C)(C)C. The maximum Gasteiger partial charge on any atom is 0.411 e. The molecule has 21 heavy (non-hydrogen) atoms. The second-order valence-electron chi connectivity index (χ2n) is 6.67. The topological polar surface area (TPSA) is 79.3 Å². The van der Waals surface area contributed by atoms with E-state index in [0.717, 1.165) is 0 Å². The molecule has 0 spiro atoms. The van der Waals surface area contributed by atoms with Gasteiger partial charge in [-0.05, 0) is 27.2 Å². The lowest BCUT2D eigenvalue weighted by Gasteiger charge is -2.40. The zero-order valence-corrected chi connectivity index (χ0v) is 13.0. The standard InChI is InChI=1S/C14H24N2O5/c1-14(2,3)21-13(19)16-6-9(15-7-10(17)8-15)5-11(16)12(18)20-4/h9-11,17H,5-8H2,1-4H3/t9-,11-/m1/s1. The smallest absolute Gasteiger partial charge is 0.411 e. The lowest BCUT2D eigenvalue weighted by Crippen LogP contribution is -2.56. The van der Waals surface area contributed by atoms with E-state index in [1.54, 1.807) is 20.8 Å². The van der Waals surface area contributed by atoms with Crippen LogP contribution in [-0.2, 0) is 14.3 Å². The summed E-state index contributed by atoms with van der Waals surface area (Å²) in [7, 11) is 1.32. The van der Waals surface area contributed by atoms with Gasteiger partial charge in [-0.3, -0.25) is 9.80 Å². The molecular weight excluding hydrogens is 276 g/mol. The van der Waals surface area contributed by atoms with Crippen molar-refractivity contribution in [2.45, 2.75) is 51.0 Å². The number of aliphatic hydroxyl groups is 1. The van der Waals surface area contributed by atoms with Gasteiger partial charge in [-0.25, -0.2) is 9.59 Å². The highest BCUT2D eigenvalue weighted by Gasteiger charge is 2.46. The van der Waals surface area contributed by atoms with Crippen LogP contribution in [0.2, 0.25) is 0 Å². The van der Waals surface area contributed by atoms with Crippen LogP contribution in [-0.4, -0.2) is 77.5 Å². The zero-order valence-electron chi connectivity index (χ0n) is 13.0. The van der Waals surface area contributed by atoms with E-state index in [0.29, 0.717) is 26.1 Å². The van der Waals surface area contributed by atoms with Crippen molar-refractivity contribution in [1.29, 1.82) is 0 Å². The number of aliphatic hydroxyl groups excluding tert-OH is 1. The molecule has 7 nitrogen and oxygen atoms in total. The van der Waals surface area contributed by atoms with E-state index in [2.05, 4.69) is 4.90 Å². The van der Waals surface area contributed by atoms with Crippen molar-refractivity contribution >= 4 is 12.1 Å². The monoisotopic (exact) mass is 300 g/mol. The third kappa shape index (κ3) is 3.65. The minimum atomic E-state index is -0.618. The maximum absolute atomic E-state index is 12.3. The van der Waals surface area contributed by atoms with Crippen molar-refractivity contribution < 1.29 is 24.2 Å². The molecule has 0 radical (unpaired) electrons. The average Bonchev–Trinajstić information content (AvgIpc) is 2.76. The Kier molecular flexibility index (Phi) is 4.43. The summed E-state index contributed by atoms with van der Waals surface area (Å²) in [5.41, 5.74) is -0.608. The first kappa shape index (κ1) is 16.0. The van der Waals surface area contributed by atoms with E-state index in [4.69, 9.17) is 9.47 Å². The van der Waals surface area contributed by atoms with Crippen LogP contribution in [0.15, 0.2) is 0 Å². The number of nitrogens with zero attached hydrogens (tertiary/aromatic N) is 2. The van der Waals surface area contributed by atoms with Crippen molar-refractivity contribution in [2.24, 2.45) is 0 Å². The molecule has 0 aromatic heterocycles. The van der Waals surface area contributed by atoms with Gasteiger partial charge in [0.2, 0.25) is 0 Å². The highest BCUT2D eigenvalue weighted by atomic mass is 16.6. The van der Waals surface area contributed by atoms with Crippen molar-refractivity contribution in [3.63, 3.8) is 0 Å². The molecule has 2 aliphatic heterocycles. The second kappa shape index (κ2) is 5.81. The summed E-state index contributed by atoms with van der Waals surface area (Å²) in [5.74, 6) is -0.426. The predicted octanol–water partition coefficient (Wildman–Crippen LogP) is 0.214. The van der Waals surface area contributed by atoms with Crippen LogP contribution in [0.5, 0.6) is 0 Å². The molecule has 120 valence electrons. The Balaban J connectivity index is 2.05. The summed E-state index contributed by atoms with van der Waals surface area (Å²) in [6.45, 7) is 6.95. The first-order chi connectivity index (χ1) is 9.71. The highest BCUT2D eigenvalue weighted by Crippen LogP contribution is 2.28. The average molecular weight is 300 g/mol. The number of rotatable bonds is 2. The van der Waals surface area contributed by atoms with Crippen LogP contribution in [0.4, 0.5) is 4.79 Å². The lowest BCUT2D eigenvalue weighted by molar-refractivity contribution is -0.145. The van der Waals surface area contributed by atoms with E-state index in [-0.39, 0.29) is 12.1 Å². The molecule has 0 unspecified atom stereocenters. The molecule has 1 N–H and O–H groups in total. The number of carbonyl (C=O) groups is 2. The van der Waals surface area contributed by atoms with Crippen LogP contribution < -0.4 is 0 Å². The number of esters is 1. The Morgan fingerprint density at radius 3 is 2.29 bits per heavy atom. The Labute approximate surface area is 124 Å². The minimum absolute atomic E-state index is 0.0602. The molecule has 2 heterocycles. The maximum atomic E-state index is 12.3. The Morgan fingerprint density at radius 2 is 1.81 bits per heavy atom. The number of carbonyl (C=O) groups excluding carboxylic acids is 2. The van der Waals surface area contributed by atoms with Gasteiger partial charge < -0.3 is 14.6 Å². The summed E-state index contributed by atoms with van der Waals surface area (Å²) in [6.07, 6.45) is -0.294. The fraction of sp³-hybridized carbons (Fsp3) is 0.857. The molecule has 2 atom stereocenters. The van der Waals surface area contributed by atoms with Crippen molar-refractivity contribution in [1.82, 2.24) is 9.80 Å². The lowest BCUT2D eigenvalue weighted by atomic mass is 10.1. The second-order valence-corrected chi connectivity index (χ2v) is 6.67. The Bertz CT molecular complexity index is 414. The van der Waals surface area contributed by atoms with E-state index >= 15 is 0 Å². The number of methoxy groups -OCH3 is 1. The van der Waals surface area contributed by atoms with Gasteiger partial charge in [0, 0.05) is 25.7 Å². The van der Waals surface area contributed by atoms with Crippen molar-refractivity contribution in [3.05, 3.63) is 0 Å². The summed E-state index contributed by atoms with van der Waals surface area (Å²) in [6, 6.07) is -0.558. The molecule has 0 aromatic rings. The number of hydrogen-bond donors (Lipinski definition) is 1. The predicted molar refractivity (Wildman–Crippen MR) is 74.7 cm³/mol. The van der Waals surface area contributed by atoms with E-state index in [1.165, 1.54) is 12.0 Å². The van der Waals surface area contributed by atoms with Crippen molar-refractivity contribution in [2.75, 3.05) is 26.7 Å². The molecule has 0 aromatic carbocycles. The molecule has 2 fully saturated rings. The molecular formula is C14H24N2O5. The van der Waals surface area contributed by atoms with Crippen LogP contribution in [0.1, 0.15) is 27.2 Å². The van der Waals surface area contributed by atoms with Crippen LogP contribution in [0.25, 0.3) is 0 Å². The molecule has 1 amide bonds. The Morgan fingerprint density at radius 1 is 1.19 bits per heavy atom. The number of amides is 1. The van der Waals surface area contributed by atoms with Gasteiger partial charge in [-0.15, -0.1) is 0 Å². The number of hydrogen-bond acceptors (Lipinski definition) is 6. The fourth-order valence-electron chi connectivity index (χ4n) is 2.75. The third-order valence-corrected chi connectivity index (χ3v) is 3.79. The summed E-state index contributed by atoms with van der Waals surface area (Å²) >= 11 is 0. The van der Waals surface area contributed by atoms with E-state index in [9.17, 15) is 14.7 Å². The van der Waals surface area contributed by atoms with E-state index < -0.39 is 23.7 Å². The molecule has 2 saturated heterocycles. The Hall–Kier alpha value is -1.34. The number of β-amino-alcohol motifs (C(OH)–C–C–N with tert-alkyl or cyclic N) is 1. The number of ether oxygens (including phenoxy) is 2. The summed E-state index contributed by atoms with van der Waals surface area (Å²) in [4.78, 5) is 27.7. The van der Waals surface area contributed by atoms with Gasteiger partial charge in [0.25, 0.3) is 0 Å². The normalized spacial score (nSPS) is 27.4. The number of likely N-dealkylation sites (tertiary alicyclic amines) is 2. The highest BCUT2D eigenvalue weighted by molar-refractivity contribution is 5.82. The molecule has 0 saturated carbocycles. The fourth-order valence-corrected chi connectivity index (χ4v) is 2.75. The molecule has 0 aliphatic carbocycles. The van der Waals surface area contributed by atoms with Crippen LogP contribution >= 0.6 is 0 Å². The van der Waals surface area contributed by atoms with Gasteiger partial charge in [0.05, 0.1) is 13.2 Å². The van der Waals surface area contributed by atoms with Gasteiger partial charge in [-0.2, -0.15) is 0 Å². The molecule has 2 rings (SSSR count). The van der Waals surface area contributed by atoms with Gasteiger partial charge >= 0.3 is 12.1 Å². The van der Waals surface area contributed by atoms with Gasteiger partial charge in [-0.1, -0.05) is 0 Å². The zero-order chi connectivity index (χ0) is 15.8. The molecule has 0 bridgehead atoms. The van der Waals surface area contributed by atoms with Crippen LogP contribution in [0, 0.1) is 0 Å². The van der Waals surface area contributed by atoms with Gasteiger partial charge in [0.1, 0.15) is 11.6 Å². The van der Waals surface area contributed by atoms with E-state index in [1.807, 2.05) is 0 Å². The first-order valence-electron chi connectivity index (χ1n) is 7.21. The molecule has 2 aliphatic rings. The summed E-state index contributed by atoms with van der Waals surface area (Å²) < 4.78 is 10.1. The quantitative estimate of drug-likeness (QED) is 0.735. The molecule has 7 heteroatoms. The largest absolute Gasteiger partial charge is 0.467 e. The van der Waals surface area contributed by atoms with Crippen molar-refractivity contribution in [3.8, 4) is 0 Å². The summed E-state index contributed by atoms with van der Waals surface area (Å²) in [5, 5.41) is 9.39. The minimum Gasteiger partial charge on any atom is -0.467 e. The first-order valence-corrected chi connectivity index (χ1v) is 7.21. The third-order valence-electron chi connectivity index (χ3n) is 3.79. The van der Waals surface area contributed by atoms with Crippen LogP contribution in [0.3, 0.4) is 0 Å².